The van der Waals surface area contributed by atoms with Crippen LogP contribution in [0.2, 0.25) is 0 Å². The van der Waals surface area contributed by atoms with E-state index in [0.29, 0.717) is 0 Å². The van der Waals surface area contributed by atoms with Crippen LogP contribution >= 0.6 is 0 Å². The van der Waals surface area contributed by atoms with Crippen LogP contribution in [0.3, 0.4) is 0 Å². The highest BCUT2D eigenvalue weighted by Gasteiger charge is 2.39. The molecule has 3 unspecified atom stereocenters. The highest BCUT2D eigenvalue weighted by molar-refractivity contribution is 4.96. The lowest BCUT2D eigenvalue weighted by Gasteiger charge is -2.36. The maximum absolute atomic E-state index is 3.81. The van der Waals surface area contributed by atoms with Crippen molar-refractivity contribution in [1.82, 2.24) is 10.2 Å². The number of rotatable bonds is 4. The molecule has 0 aromatic carbocycles. The van der Waals surface area contributed by atoms with Crippen molar-refractivity contribution in [1.29, 1.82) is 0 Å². The molecule has 3 fully saturated rings. The number of fused-ring (bicyclic) bond motifs is 1. The first kappa shape index (κ1) is 13.9. The van der Waals surface area contributed by atoms with Gasteiger partial charge in [0.2, 0.25) is 0 Å². The largest absolute Gasteiger partial charge is 0.312 e. The van der Waals surface area contributed by atoms with Gasteiger partial charge in [-0.2, -0.15) is 0 Å². The summed E-state index contributed by atoms with van der Waals surface area (Å²) in [7, 11) is 2.38. The van der Waals surface area contributed by atoms with Crippen LogP contribution in [-0.4, -0.2) is 37.1 Å². The molecule has 3 aliphatic rings. The predicted octanol–water partition coefficient (Wildman–Crippen LogP) is 3.28. The molecule has 0 spiro atoms. The van der Waals surface area contributed by atoms with Crippen LogP contribution in [0, 0.1) is 17.8 Å². The van der Waals surface area contributed by atoms with Gasteiger partial charge in [-0.05, 0) is 69.9 Å². The smallest absolute Gasteiger partial charge is 0.0226 e. The zero-order valence-electron chi connectivity index (χ0n) is 12.9. The lowest BCUT2D eigenvalue weighted by atomic mass is 9.83. The molecular formula is C17H32N2. The van der Waals surface area contributed by atoms with Gasteiger partial charge in [-0.15, -0.1) is 0 Å². The minimum atomic E-state index is 0.793. The van der Waals surface area contributed by atoms with E-state index in [2.05, 4.69) is 24.2 Å². The maximum Gasteiger partial charge on any atom is 0.0226 e. The monoisotopic (exact) mass is 264 g/mol. The second-order valence-corrected chi connectivity index (χ2v) is 7.39. The minimum absolute atomic E-state index is 0.793. The third-order valence-electron chi connectivity index (χ3n) is 6.38. The van der Waals surface area contributed by atoms with E-state index in [4.69, 9.17) is 0 Å². The molecule has 0 radical (unpaired) electrons. The second kappa shape index (κ2) is 6.13. The fraction of sp³-hybridized carbons (Fsp3) is 1.00. The molecule has 3 rings (SSSR count). The Bertz CT molecular complexity index is 283. The number of likely N-dealkylation sites (N-methyl/N-ethyl adjacent to an activating group) is 1. The zero-order chi connectivity index (χ0) is 13.2. The van der Waals surface area contributed by atoms with Crippen LogP contribution in [0.25, 0.3) is 0 Å². The van der Waals surface area contributed by atoms with Gasteiger partial charge in [0.25, 0.3) is 0 Å². The van der Waals surface area contributed by atoms with Gasteiger partial charge in [0.15, 0.2) is 0 Å². The molecule has 2 aliphatic carbocycles. The van der Waals surface area contributed by atoms with Crippen LogP contribution in [0.1, 0.15) is 58.3 Å². The van der Waals surface area contributed by atoms with Crippen molar-refractivity contribution in [3.8, 4) is 0 Å². The minimum Gasteiger partial charge on any atom is -0.312 e. The molecule has 1 heterocycles. The quantitative estimate of drug-likeness (QED) is 0.838. The Labute approximate surface area is 119 Å². The van der Waals surface area contributed by atoms with Gasteiger partial charge in [0.05, 0.1) is 0 Å². The van der Waals surface area contributed by atoms with Crippen molar-refractivity contribution in [2.24, 2.45) is 17.8 Å². The molecule has 19 heavy (non-hydrogen) atoms. The van der Waals surface area contributed by atoms with E-state index < -0.39 is 0 Å². The summed E-state index contributed by atoms with van der Waals surface area (Å²) in [6.07, 6.45) is 11.7. The first-order valence-corrected chi connectivity index (χ1v) is 8.71. The highest BCUT2D eigenvalue weighted by atomic mass is 15.2. The summed E-state index contributed by atoms with van der Waals surface area (Å²) in [5.74, 6) is 3.03. The van der Waals surface area contributed by atoms with E-state index in [1.54, 1.807) is 0 Å². The molecule has 0 aromatic rings. The fourth-order valence-corrected chi connectivity index (χ4v) is 4.96. The second-order valence-electron chi connectivity index (χ2n) is 7.39. The highest BCUT2D eigenvalue weighted by Crippen LogP contribution is 2.38. The van der Waals surface area contributed by atoms with Crippen molar-refractivity contribution >= 4 is 0 Å². The zero-order valence-corrected chi connectivity index (χ0v) is 12.9. The molecule has 0 aromatic heterocycles. The Balaban J connectivity index is 1.47. The molecule has 2 heteroatoms. The predicted molar refractivity (Wildman–Crippen MR) is 81.3 cm³/mol. The Hall–Kier alpha value is -0.0800. The molecular weight excluding hydrogens is 232 g/mol. The maximum atomic E-state index is 3.81. The summed E-state index contributed by atoms with van der Waals surface area (Å²) in [5, 5.41) is 3.81. The molecule has 0 bridgehead atoms. The molecule has 110 valence electrons. The van der Waals surface area contributed by atoms with Crippen molar-refractivity contribution in [3.63, 3.8) is 0 Å². The molecule has 2 saturated carbocycles. The fourth-order valence-electron chi connectivity index (χ4n) is 4.96. The van der Waals surface area contributed by atoms with Crippen LogP contribution in [-0.2, 0) is 0 Å². The first-order chi connectivity index (χ1) is 9.28. The number of nitrogens with zero attached hydrogens (tertiary/aromatic N) is 1. The third-order valence-corrected chi connectivity index (χ3v) is 6.38. The van der Waals surface area contributed by atoms with Crippen molar-refractivity contribution in [2.75, 3.05) is 20.1 Å². The van der Waals surface area contributed by atoms with Crippen LogP contribution < -0.4 is 5.32 Å². The summed E-state index contributed by atoms with van der Waals surface area (Å²) in [6.45, 7) is 4.95. The molecule has 1 aliphatic heterocycles. The number of hydrogen-bond donors (Lipinski definition) is 1. The lowest BCUT2D eigenvalue weighted by molar-refractivity contribution is 0.145. The van der Waals surface area contributed by atoms with Gasteiger partial charge >= 0.3 is 0 Å². The molecule has 3 atom stereocenters. The van der Waals surface area contributed by atoms with Crippen LogP contribution in [0.15, 0.2) is 0 Å². The Kier molecular flexibility index (Phi) is 4.48. The molecule has 1 saturated heterocycles. The van der Waals surface area contributed by atoms with Crippen LogP contribution in [0.4, 0.5) is 0 Å². The average Bonchev–Trinajstić information content (AvgIpc) is 3.04. The first-order valence-electron chi connectivity index (χ1n) is 8.71. The van der Waals surface area contributed by atoms with E-state index in [9.17, 15) is 0 Å². The van der Waals surface area contributed by atoms with Crippen molar-refractivity contribution in [2.45, 2.75) is 70.4 Å². The lowest BCUT2D eigenvalue weighted by Crippen LogP contribution is -2.44. The van der Waals surface area contributed by atoms with Crippen LogP contribution in [0.5, 0.6) is 0 Å². The molecule has 1 N–H and O–H groups in total. The van der Waals surface area contributed by atoms with Gasteiger partial charge in [0, 0.05) is 18.6 Å². The molecule has 2 nitrogen and oxygen atoms in total. The topological polar surface area (TPSA) is 15.3 Å². The molecule has 0 amide bonds. The Morgan fingerprint density at radius 1 is 1.05 bits per heavy atom. The Morgan fingerprint density at radius 2 is 1.84 bits per heavy atom. The summed E-state index contributed by atoms with van der Waals surface area (Å²) in [6, 6.07) is 1.66. The van der Waals surface area contributed by atoms with Gasteiger partial charge in [-0.3, -0.25) is 0 Å². The number of hydrogen-bond acceptors (Lipinski definition) is 2. The van der Waals surface area contributed by atoms with Crippen molar-refractivity contribution in [3.05, 3.63) is 0 Å². The summed E-state index contributed by atoms with van der Waals surface area (Å²) in [4.78, 5) is 2.68. The van der Waals surface area contributed by atoms with E-state index in [0.717, 1.165) is 29.8 Å². The average molecular weight is 264 g/mol. The standard InChI is InChI=1S/C17H32N2/c1-3-13-7-9-15(10-8-13)19(2)12-17-16-6-4-5-14(16)11-18-17/h13-18H,3-12H2,1-2H3. The van der Waals surface area contributed by atoms with Gasteiger partial charge in [-0.1, -0.05) is 19.8 Å². The van der Waals surface area contributed by atoms with E-state index >= 15 is 0 Å². The van der Waals surface area contributed by atoms with Gasteiger partial charge in [-0.25, -0.2) is 0 Å². The SMILES string of the molecule is CCC1CCC(N(C)CC2NCC3CCCC32)CC1. The summed E-state index contributed by atoms with van der Waals surface area (Å²) < 4.78 is 0. The van der Waals surface area contributed by atoms with Crippen molar-refractivity contribution < 1.29 is 0 Å². The normalized spacial score (nSPS) is 42.8. The van der Waals surface area contributed by atoms with Gasteiger partial charge in [0.1, 0.15) is 0 Å². The third kappa shape index (κ3) is 3.00. The van der Waals surface area contributed by atoms with Gasteiger partial charge < -0.3 is 10.2 Å². The summed E-state index contributed by atoms with van der Waals surface area (Å²) in [5.41, 5.74) is 0. The van der Waals surface area contributed by atoms with E-state index in [1.807, 2.05) is 0 Å². The Morgan fingerprint density at radius 3 is 2.58 bits per heavy atom. The van der Waals surface area contributed by atoms with E-state index in [-0.39, 0.29) is 0 Å². The number of nitrogens with one attached hydrogen (secondary N) is 1. The summed E-state index contributed by atoms with van der Waals surface area (Å²) >= 11 is 0. The van der Waals surface area contributed by atoms with E-state index in [1.165, 1.54) is 64.5 Å².